The van der Waals surface area contributed by atoms with Crippen molar-refractivity contribution in [2.24, 2.45) is 10.4 Å². The van der Waals surface area contributed by atoms with Crippen LogP contribution in [0.3, 0.4) is 0 Å². The Balaban J connectivity index is 0. The number of hydrogen-bond donors (Lipinski definition) is 3. The van der Waals surface area contributed by atoms with Gasteiger partial charge in [-0.05, 0) is 59.3 Å². The van der Waals surface area contributed by atoms with Gasteiger partial charge in [0.05, 0.1) is 0 Å². The van der Waals surface area contributed by atoms with Crippen LogP contribution in [0.1, 0.15) is 67.7 Å². The molecule has 0 aliphatic carbocycles. The number of ether oxygens (including phenoxy) is 1. The van der Waals surface area contributed by atoms with Crippen molar-refractivity contribution in [3.05, 3.63) is 0 Å². The molecule has 0 bridgehead atoms. The minimum atomic E-state index is -0.495. The first-order valence-electron chi connectivity index (χ1n) is 10.3. The first-order valence-corrected chi connectivity index (χ1v) is 10.3. The molecule has 0 atom stereocenters. The molecule has 0 unspecified atom stereocenters. The number of hydrogen-bond acceptors (Lipinski definition) is 4. The first-order chi connectivity index (χ1) is 12.7. The van der Waals surface area contributed by atoms with E-state index < -0.39 is 5.60 Å². The molecule has 0 radical (unpaired) electrons. The van der Waals surface area contributed by atoms with E-state index in [1.54, 1.807) is 4.90 Å². The molecule has 0 saturated carbocycles. The second-order valence-corrected chi connectivity index (χ2v) is 7.86. The normalized spacial score (nSPS) is 12.2. The van der Waals surface area contributed by atoms with Gasteiger partial charge < -0.3 is 25.4 Å². The standard InChI is InChI=1S/C20H42N4O3.HI/c1-8-20(9-2,12-15-25)16-23-17(21-10-3)22-13-14-24(11-4)18(26)27-19(5,6)7;/h25H,8-16H2,1-7H3,(H2,21,22,23);1H. The lowest BCUT2D eigenvalue weighted by molar-refractivity contribution is 0.0264. The number of carbonyl (C=O) groups is 1. The number of nitrogens with zero attached hydrogens (tertiary/aromatic N) is 2. The number of likely N-dealkylation sites (N-methyl/N-ethyl adjacent to an activating group) is 1. The molecule has 7 nitrogen and oxygen atoms in total. The maximum absolute atomic E-state index is 12.2. The molecule has 0 aromatic carbocycles. The van der Waals surface area contributed by atoms with Crippen molar-refractivity contribution >= 4 is 36.0 Å². The Morgan fingerprint density at radius 3 is 2.14 bits per heavy atom. The third kappa shape index (κ3) is 11.9. The highest BCUT2D eigenvalue weighted by atomic mass is 127. The van der Waals surface area contributed by atoms with Crippen molar-refractivity contribution in [3.63, 3.8) is 0 Å². The molecule has 0 spiro atoms. The minimum absolute atomic E-state index is 0. The van der Waals surface area contributed by atoms with Gasteiger partial charge in [0.25, 0.3) is 0 Å². The minimum Gasteiger partial charge on any atom is -0.444 e. The summed E-state index contributed by atoms with van der Waals surface area (Å²) < 4.78 is 5.43. The molecule has 0 aromatic heterocycles. The number of rotatable bonds is 11. The lowest BCUT2D eigenvalue weighted by Gasteiger charge is -2.29. The number of halogens is 1. The second kappa shape index (κ2) is 15.1. The van der Waals surface area contributed by atoms with E-state index in [2.05, 4.69) is 24.5 Å². The zero-order valence-electron chi connectivity index (χ0n) is 18.9. The Morgan fingerprint density at radius 1 is 1.11 bits per heavy atom. The number of nitrogens with one attached hydrogen (secondary N) is 2. The van der Waals surface area contributed by atoms with Crippen molar-refractivity contribution in [1.82, 2.24) is 15.5 Å². The SMILES string of the molecule is CCNC(=NCC(CC)(CC)CCO)NCCN(CC)C(=O)OC(C)(C)C.I. The summed E-state index contributed by atoms with van der Waals surface area (Å²) in [6.45, 7) is 17.2. The van der Waals surface area contributed by atoms with Gasteiger partial charge in [-0.3, -0.25) is 4.99 Å². The Hall–Kier alpha value is -0.770. The molecule has 0 aromatic rings. The molecule has 0 aliphatic rings. The van der Waals surface area contributed by atoms with Crippen LogP contribution in [0.15, 0.2) is 4.99 Å². The summed E-state index contributed by atoms with van der Waals surface area (Å²) >= 11 is 0. The van der Waals surface area contributed by atoms with Gasteiger partial charge in [0.2, 0.25) is 0 Å². The monoisotopic (exact) mass is 514 g/mol. The smallest absolute Gasteiger partial charge is 0.410 e. The van der Waals surface area contributed by atoms with Crippen LogP contribution in [0, 0.1) is 5.41 Å². The fourth-order valence-electron chi connectivity index (χ4n) is 2.75. The summed E-state index contributed by atoms with van der Waals surface area (Å²) in [6.07, 6.45) is 2.42. The van der Waals surface area contributed by atoms with Crippen molar-refractivity contribution in [3.8, 4) is 0 Å². The van der Waals surface area contributed by atoms with Gasteiger partial charge in [-0.15, -0.1) is 24.0 Å². The average molecular weight is 514 g/mol. The summed E-state index contributed by atoms with van der Waals surface area (Å²) in [5, 5.41) is 15.9. The fourth-order valence-corrected chi connectivity index (χ4v) is 2.75. The Labute approximate surface area is 189 Å². The summed E-state index contributed by atoms with van der Waals surface area (Å²) in [7, 11) is 0. The van der Waals surface area contributed by atoms with Crippen molar-refractivity contribution < 1.29 is 14.6 Å². The van der Waals surface area contributed by atoms with Crippen LogP contribution in [-0.2, 0) is 4.74 Å². The molecule has 0 heterocycles. The predicted octanol–water partition coefficient (Wildman–Crippen LogP) is 3.61. The van der Waals surface area contributed by atoms with E-state index in [9.17, 15) is 9.90 Å². The average Bonchev–Trinajstić information content (AvgIpc) is 2.60. The molecule has 8 heteroatoms. The van der Waals surface area contributed by atoms with Crippen LogP contribution in [0.25, 0.3) is 0 Å². The highest BCUT2D eigenvalue weighted by Gasteiger charge is 2.25. The van der Waals surface area contributed by atoms with Gasteiger partial charge in [0.15, 0.2) is 5.96 Å². The third-order valence-corrected chi connectivity index (χ3v) is 4.77. The molecular formula is C20H43IN4O3. The largest absolute Gasteiger partial charge is 0.444 e. The summed E-state index contributed by atoms with van der Waals surface area (Å²) in [4.78, 5) is 18.6. The van der Waals surface area contributed by atoms with E-state index in [0.717, 1.165) is 31.8 Å². The number of aliphatic hydroxyl groups excluding tert-OH is 1. The van der Waals surface area contributed by atoms with Crippen LogP contribution in [0.4, 0.5) is 4.79 Å². The molecule has 3 N–H and O–H groups in total. The highest BCUT2D eigenvalue weighted by molar-refractivity contribution is 14.0. The fraction of sp³-hybridized carbons (Fsp3) is 0.900. The van der Waals surface area contributed by atoms with Crippen LogP contribution in [0.5, 0.6) is 0 Å². The number of carbonyl (C=O) groups excluding carboxylic acids is 1. The molecule has 168 valence electrons. The van der Waals surface area contributed by atoms with Gasteiger partial charge in [0.1, 0.15) is 5.60 Å². The lowest BCUT2D eigenvalue weighted by Crippen LogP contribution is -2.44. The molecule has 0 rings (SSSR count). The maximum atomic E-state index is 12.2. The van der Waals surface area contributed by atoms with E-state index in [4.69, 9.17) is 9.73 Å². The van der Waals surface area contributed by atoms with Crippen LogP contribution < -0.4 is 10.6 Å². The van der Waals surface area contributed by atoms with Gasteiger partial charge in [-0.1, -0.05) is 13.8 Å². The van der Waals surface area contributed by atoms with Crippen molar-refractivity contribution in [2.45, 2.75) is 73.3 Å². The maximum Gasteiger partial charge on any atom is 0.410 e. The van der Waals surface area contributed by atoms with E-state index in [1.807, 2.05) is 34.6 Å². The van der Waals surface area contributed by atoms with Crippen LogP contribution in [0.2, 0.25) is 0 Å². The van der Waals surface area contributed by atoms with E-state index in [1.165, 1.54) is 0 Å². The summed E-state index contributed by atoms with van der Waals surface area (Å²) in [5.41, 5.74) is -0.465. The van der Waals surface area contributed by atoms with Crippen molar-refractivity contribution in [1.29, 1.82) is 0 Å². The molecule has 0 saturated heterocycles. The van der Waals surface area contributed by atoms with Crippen LogP contribution >= 0.6 is 24.0 Å². The molecule has 28 heavy (non-hydrogen) atoms. The Morgan fingerprint density at radius 2 is 1.71 bits per heavy atom. The number of amides is 1. The molecule has 1 amide bonds. The molecule has 0 fully saturated rings. The van der Waals surface area contributed by atoms with E-state index in [-0.39, 0.29) is 42.1 Å². The predicted molar refractivity (Wildman–Crippen MR) is 128 cm³/mol. The van der Waals surface area contributed by atoms with E-state index >= 15 is 0 Å². The van der Waals surface area contributed by atoms with Gasteiger partial charge >= 0.3 is 6.09 Å². The summed E-state index contributed by atoms with van der Waals surface area (Å²) in [5.74, 6) is 0.738. The van der Waals surface area contributed by atoms with Crippen LogP contribution in [-0.4, -0.2) is 67.0 Å². The number of aliphatic imine (C=N–C) groups is 1. The highest BCUT2D eigenvalue weighted by Crippen LogP contribution is 2.30. The van der Waals surface area contributed by atoms with Gasteiger partial charge in [0, 0.05) is 39.3 Å². The lowest BCUT2D eigenvalue weighted by atomic mass is 9.79. The first kappa shape index (κ1) is 29.4. The number of guanidine groups is 1. The Bertz CT molecular complexity index is 449. The van der Waals surface area contributed by atoms with Gasteiger partial charge in [-0.25, -0.2) is 4.79 Å². The van der Waals surface area contributed by atoms with Gasteiger partial charge in [-0.2, -0.15) is 0 Å². The topological polar surface area (TPSA) is 86.2 Å². The van der Waals surface area contributed by atoms with Crippen molar-refractivity contribution in [2.75, 3.05) is 39.3 Å². The third-order valence-electron chi connectivity index (χ3n) is 4.77. The molecular weight excluding hydrogens is 471 g/mol. The molecule has 0 aliphatic heterocycles. The zero-order valence-corrected chi connectivity index (χ0v) is 21.3. The quantitative estimate of drug-likeness (QED) is 0.223. The summed E-state index contributed by atoms with van der Waals surface area (Å²) in [6, 6.07) is 0. The van der Waals surface area contributed by atoms with E-state index in [0.29, 0.717) is 26.2 Å². The second-order valence-electron chi connectivity index (χ2n) is 7.86. The Kier molecular flexibility index (Phi) is 15.9. The zero-order chi connectivity index (χ0) is 20.9. The number of aliphatic hydroxyl groups is 1.